The molecule has 0 fully saturated rings. The molecule has 0 aliphatic heterocycles. The van der Waals surface area contributed by atoms with Crippen LogP contribution in [-0.2, 0) is 9.53 Å². The summed E-state index contributed by atoms with van der Waals surface area (Å²) < 4.78 is 4.91. The number of carbonyl (C=O) groups is 1. The van der Waals surface area contributed by atoms with Crippen LogP contribution < -0.4 is 0 Å². The standard InChI is InChI=1S/C16H26O2/c1-12(11-18-14(3)17)8-9-15-13(2)7-6-10-16(15,4)5/h11H,6-10H2,1-5H3/b12-11-. The monoisotopic (exact) mass is 250 g/mol. The van der Waals surface area contributed by atoms with Gasteiger partial charge in [0.1, 0.15) is 0 Å². The molecule has 0 N–H and O–H groups in total. The van der Waals surface area contributed by atoms with Crippen LogP contribution >= 0.6 is 0 Å². The van der Waals surface area contributed by atoms with Gasteiger partial charge in [0, 0.05) is 6.92 Å². The first-order chi connectivity index (χ1) is 8.33. The fraction of sp³-hybridized carbons (Fsp3) is 0.688. The summed E-state index contributed by atoms with van der Waals surface area (Å²) in [4.78, 5) is 10.7. The van der Waals surface area contributed by atoms with Crippen molar-refractivity contribution in [2.45, 2.75) is 66.7 Å². The van der Waals surface area contributed by atoms with Gasteiger partial charge in [-0.05, 0) is 56.9 Å². The van der Waals surface area contributed by atoms with E-state index in [1.165, 1.54) is 26.2 Å². The fourth-order valence-electron chi connectivity index (χ4n) is 2.79. The Labute approximate surface area is 111 Å². The van der Waals surface area contributed by atoms with Crippen LogP contribution in [0, 0.1) is 5.41 Å². The van der Waals surface area contributed by atoms with Gasteiger partial charge >= 0.3 is 5.97 Å². The predicted molar refractivity (Wildman–Crippen MR) is 75.1 cm³/mol. The summed E-state index contributed by atoms with van der Waals surface area (Å²) in [6.45, 7) is 10.4. The Bertz CT molecular complexity index is 373. The van der Waals surface area contributed by atoms with Crippen molar-refractivity contribution in [2.24, 2.45) is 5.41 Å². The van der Waals surface area contributed by atoms with Crippen molar-refractivity contribution in [1.82, 2.24) is 0 Å². The molecule has 0 heterocycles. The van der Waals surface area contributed by atoms with E-state index in [9.17, 15) is 4.79 Å². The molecule has 0 bridgehead atoms. The molecule has 0 aromatic heterocycles. The molecule has 1 aliphatic rings. The van der Waals surface area contributed by atoms with Gasteiger partial charge in [0.15, 0.2) is 0 Å². The Morgan fingerprint density at radius 1 is 1.39 bits per heavy atom. The second-order valence-electron chi connectivity index (χ2n) is 6.07. The van der Waals surface area contributed by atoms with Gasteiger partial charge < -0.3 is 4.74 Å². The lowest BCUT2D eigenvalue weighted by atomic mass is 9.71. The summed E-state index contributed by atoms with van der Waals surface area (Å²) in [7, 11) is 0. The Morgan fingerprint density at radius 3 is 2.61 bits per heavy atom. The van der Waals surface area contributed by atoms with Gasteiger partial charge in [-0.2, -0.15) is 0 Å². The van der Waals surface area contributed by atoms with Crippen molar-refractivity contribution in [2.75, 3.05) is 0 Å². The van der Waals surface area contributed by atoms with Crippen molar-refractivity contribution in [3.8, 4) is 0 Å². The maximum absolute atomic E-state index is 10.7. The van der Waals surface area contributed by atoms with E-state index in [0.29, 0.717) is 5.41 Å². The highest BCUT2D eigenvalue weighted by molar-refractivity contribution is 5.66. The average Bonchev–Trinajstić information content (AvgIpc) is 2.24. The lowest BCUT2D eigenvalue weighted by Crippen LogP contribution is -2.20. The summed E-state index contributed by atoms with van der Waals surface area (Å²) in [5, 5.41) is 0. The molecule has 0 amide bonds. The molecule has 0 unspecified atom stereocenters. The molecular formula is C16H26O2. The minimum Gasteiger partial charge on any atom is -0.435 e. The maximum atomic E-state index is 10.7. The second-order valence-corrected chi connectivity index (χ2v) is 6.07. The van der Waals surface area contributed by atoms with Gasteiger partial charge in [0.05, 0.1) is 6.26 Å². The third kappa shape index (κ3) is 4.32. The first kappa shape index (κ1) is 15.0. The third-order valence-corrected chi connectivity index (χ3v) is 3.88. The van der Waals surface area contributed by atoms with Crippen LogP contribution in [0.2, 0.25) is 0 Å². The summed E-state index contributed by atoms with van der Waals surface area (Å²) in [5.74, 6) is -0.247. The van der Waals surface area contributed by atoms with Crippen molar-refractivity contribution < 1.29 is 9.53 Å². The number of ether oxygens (including phenoxy) is 1. The smallest absolute Gasteiger partial charge is 0.307 e. The molecule has 102 valence electrons. The quantitative estimate of drug-likeness (QED) is 0.408. The Morgan fingerprint density at radius 2 is 2.06 bits per heavy atom. The minimum absolute atomic E-state index is 0.247. The molecule has 1 aliphatic carbocycles. The van der Waals surface area contributed by atoms with Gasteiger partial charge in [0.2, 0.25) is 0 Å². The number of hydrogen-bond donors (Lipinski definition) is 0. The zero-order valence-corrected chi connectivity index (χ0v) is 12.4. The molecule has 2 nitrogen and oxygen atoms in total. The first-order valence-electron chi connectivity index (χ1n) is 6.85. The molecule has 1 rings (SSSR count). The van der Waals surface area contributed by atoms with Crippen LogP contribution in [0.4, 0.5) is 0 Å². The number of carbonyl (C=O) groups excluding carboxylic acids is 1. The number of allylic oxidation sites excluding steroid dienone is 3. The van der Waals surface area contributed by atoms with Crippen LogP contribution in [0.15, 0.2) is 23.0 Å². The summed E-state index contributed by atoms with van der Waals surface area (Å²) in [6, 6.07) is 0. The molecule has 2 heteroatoms. The molecule has 0 aromatic carbocycles. The fourth-order valence-corrected chi connectivity index (χ4v) is 2.79. The molecule has 0 atom stereocenters. The van der Waals surface area contributed by atoms with Gasteiger partial charge in [-0.25, -0.2) is 0 Å². The van der Waals surface area contributed by atoms with E-state index in [1.807, 2.05) is 6.92 Å². The van der Waals surface area contributed by atoms with E-state index in [-0.39, 0.29) is 5.97 Å². The Hall–Kier alpha value is -1.05. The van der Waals surface area contributed by atoms with Crippen molar-refractivity contribution >= 4 is 5.97 Å². The minimum atomic E-state index is -0.247. The number of hydrogen-bond acceptors (Lipinski definition) is 2. The Kier molecular flexibility index (Phi) is 5.18. The SMILES string of the molecule is CC(=O)O/C=C(/C)CCC1=C(C)CCCC1(C)C. The zero-order valence-electron chi connectivity index (χ0n) is 12.4. The highest BCUT2D eigenvalue weighted by atomic mass is 16.5. The third-order valence-electron chi connectivity index (χ3n) is 3.88. The summed E-state index contributed by atoms with van der Waals surface area (Å²) in [6.07, 6.45) is 7.49. The van der Waals surface area contributed by atoms with Crippen LogP contribution in [0.25, 0.3) is 0 Å². The largest absolute Gasteiger partial charge is 0.435 e. The van der Waals surface area contributed by atoms with Crippen LogP contribution in [0.1, 0.15) is 66.7 Å². The predicted octanol–water partition coefficient (Wildman–Crippen LogP) is 4.76. The normalized spacial score (nSPS) is 19.9. The van der Waals surface area contributed by atoms with Crippen molar-refractivity contribution in [3.63, 3.8) is 0 Å². The van der Waals surface area contributed by atoms with E-state index in [0.717, 1.165) is 18.4 Å². The van der Waals surface area contributed by atoms with Gasteiger partial charge in [-0.1, -0.05) is 25.0 Å². The van der Waals surface area contributed by atoms with E-state index >= 15 is 0 Å². The van der Waals surface area contributed by atoms with Gasteiger partial charge in [-0.3, -0.25) is 4.79 Å². The average molecular weight is 250 g/mol. The van der Waals surface area contributed by atoms with Crippen LogP contribution in [0.3, 0.4) is 0 Å². The molecule has 0 saturated carbocycles. The van der Waals surface area contributed by atoms with Crippen LogP contribution in [0.5, 0.6) is 0 Å². The van der Waals surface area contributed by atoms with E-state index in [4.69, 9.17) is 4.74 Å². The highest BCUT2D eigenvalue weighted by Crippen LogP contribution is 2.42. The van der Waals surface area contributed by atoms with Gasteiger partial charge in [-0.15, -0.1) is 0 Å². The van der Waals surface area contributed by atoms with E-state index in [1.54, 1.807) is 17.4 Å². The molecule has 0 spiro atoms. The second kappa shape index (κ2) is 6.21. The summed E-state index contributed by atoms with van der Waals surface area (Å²) >= 11 is 0. The number of rotatable bonds is 4. The molecule has 0 aromatic rings. The van der Waals surface area contributed by atoms with E-state index in [2.05, 4.69) is 20.8 Å². The van der Waals surface area contributed by atoms with Crippen molar-refractivity contribution in [3.05, 3.63) is 23.0 Å². The van der Waals surface area contributed by atoms with Crippen LogP contribution in [-0.4, -0.2) is 5.97 Å². The molecule has 0 radical (unpaired) electrons. The molecular weight excluding hydrogens is 224 g/mol. The van der Waals surface area contributed by atoms with E-state index < -0.39 is 0 Å². The number of esters is 1. The Balaban J connectivity index is 2.61. The van der Waals surface area contributed by atoms with Crippen molar-refractivity contribution in [1.29, 1.82) is 0 Å². The molecule has 18 heavy (non-hydrogen) atoms. The summed E-state index contributed by atoms with van der Waals surface area (Å²) in [5.41, 5.74) is 4.63. The topological polar surface area (TPSA) is 26.3 Å². The zero-order chi connectivity index (χ0) is 13.8. The lowest BCUT2D eigenvalue weighted by Gasteiger charge is -2.34. The first-order valence-corrected chi connectivity index (χ1v) is 6.85. The lowest BCUT2D eigenvalue weighted by molar-refractivity contribution is -0.135. The maximum Gasteiger partial charge on any atom is 0.307 e. The molecule has 0 saturated heterocycles. The highest BCUT2D eigenvalue weighted by Gasteiger charge is 2.27. The van der Waals surface area contributed by atoms with Gasteiger partial charge in [0.25, 0.3) is 0 Å².